The molecule has 9 nitrogen and oxygen atoms in total. The summed E-state index contributed by atoms with van der Waals surface area (Å²) in [7, 11) is 1.56. The number of benzene rings is 2. The van der Waals surface area contributed by atoms with E-state index in [-0.39, 0.29) is 30.3 Å². The van der Waals surface area contributed by atoms with Crippen molar-refractivity contribution in [1.29, 1.82) is 0 Å². The lowest BCUT2D eigenvalue weighted by Crippen LogP contribution is -2.36. The van der Waals surface area contributed by atoms with Crippen molar-refractivity contribution in [2.75, 3.05) is 11.9 Å². The second kappa shape index (κ2) is 9.15. The van der Waals surface area contributed by atoms with E-state index in [4.69, 9.17) is 9.84 Å². The van der Waals surface area contributed by atoms with Gasteiger partial charge in [-0.05, 0) is 29.2 Å². The Kier molecular flexibility index (Phi) is 6.12. The van der Waals surface area contributed by atoms with Crippen LogP contribution in [0.15, 0.2) is 54.7 Å². The third-order valence-electron chi connectivity index (χ3n) is 5.50. The van der Waals surface area contributed by atoms with E-state index in [2.05, 4.69) is 27.9 Å². The summed E-state index contributed by atoms with van der Waals surface area (Å²) in [6.07, 6.45) is 0.730. The number of nitrogens with one attached hydrogen (secondary N) is 2. The number of hydrogen-bond donors (Lipinski definition) is 3. The lowest BCUT2D eigenvalue weighted by atomic mass is 9.98. The number of rotatable bonds is 7. The molecule has 9 heteroatoms. The first-order chi connectivity index (χ1) is 15.8. The summed E-state index contributed by atoms with van der Waals surface area (Å²) in [5.74, 6) is -1.74. The number of aromatic nitrogens is 2. The summed E-state index contributed by atoms with van der Waals surface area (Å²) in [5, 5.41) is 18.1. The molecular formula is C24H24N4O5. The lowest BCUT2D eigenvalue weighted by Gasteiger charge is -2.17. The van der Waals surface area contributed by atoms with E-state index in [1.165, 1.54) is 10.9 Å². The van der Waals surface area contributed by atoms with Gasteiger partial charge in [-0.15, -0.1) is 0 Å². The topological polar surface area (TPSA) is 123 Å². The van der Waals surface area contributed by atoms with Gasteiger partial charge in [0.2, 0.25) is 5.91 Å². The molecule has 1 aliphatic rings. The molecule has 0 saturated carbocycles. The van der Waals surface area contributed by atoms with E-state index in [1.54, 1.807) is 14.0 Å². The van der Waals surface area contributed by atoms with Gasteiger partial charge in [-0.1, -0.05) is 48.5 Å². The maximum atomic E-state index is 12.4. The lowest BCUT2D eigenvalue weighted by molar-refractivity contribution is -0.116. The molecule has 0 unspecified atom stereocenters. The first-order valence-corrected chi connectivity index (χ1v) is 10.5. The molecule has 2 aromatic carbocycles. The van der Waals surface area contributed by atoms with Crippen LogP contribution in [0.5, 0.6) is 0 Å². The van der Waals surface area contributed by atoms with Crippen LogP contribution in [0.4, 0.5) is 10.5 Å². The first kappa shape index (κ1) is 22.1. The third kappa shape index (κ3) is 4.72. The molecule has 1 aromatic heterocycles. The molecule has 1 heterocycles. The van der Waals surface area contributed by atoms with Crippen molar-refractivity contribution in [3.05, 3.63) is 71.5 Å². The Morgan fingerprint density at radius 1 is 1.09 bits per heavy atom. The highest BCUT2D eigenvalue weighted by Gasteiger charge is 2.29. The highest BCUT2D eigenvalue weighted by Crippen LogP contribution is 2.44. The Hall–Kier alpha value is -4.14. The molecule has 0 bridgehead atoms. The Balaban J connectivity index is 1.31. The van der Waals surface area contributed by atoms with Gasteiger partial charge in [-0.3, -0.25) is 9.48 Å². The molecule has 0 fully saturated rings. The van der Waals surface area contributed by atoms with Gasteiger partial charge in [0.25, 0.3) is 0 Å². The summed E-state index contributed by atoms with van der Waals surface area (Å²) in [6.45, 7) is 1.85. The van der Waals surface area contributed by atoms with Crippen molar-refractivity contribution >= 4 is 23.7 Å². The fourth-order valence-corrected chi connectivity index (χ4v) is 4.11. The largest absolute Gasteiger partial charge is 0.476 e. The maximum absolute atomic E-state index is 12.4. The zero-order chi connectivity index (χ0) is 23.5. The molecule has 0 spiro atoms. The minimum atomic E-state index is -1.24. The first-order valence-electron chi connectivity index (χ1n) is 10.5. The number of aryl methyl sites for hydroxylation is 1. The average molecular weight is 448 g/mol. The zero-order valence-electron chi connectivity index (χ0n) is 18.2. The number of alkyl carbamates (subject to hydrolysis) is 1. The molecule has 4 rings (SSSR count). The molecule has 3 aromatic rings. The minimum absolute atomic E-state index is 0.0539. The Morgan fingerprint density at radius 3 is 2.30 bits per heavy atom. The van der Waals surface area contributed by atoms with Crippen molar-refractivity contribution in [2.45, 2.75) is 25.3 Å². The van der Waals surface area contributed by atoms with Crippen LogP contribution >= 0.6 is 0 Å². The molecule has 1 aliphatic carbocycles. The summed E-state index contributed by atoms with van der Waals surface area (Å²) in [4.78, 5) is 35.9. The normalized spacial score (nSPS) is 13.0. The summed E-state index contributed by atoms with van der Waals surface area (Å²) >= 11 is 0. The van der Waals surface area contributed by atoms with Gasteiger partial charge in [0.05, 0.1) is 5.69 Å². The van der Waals surface area contributed by atoms with Gasteiger partial charge in [0.15, 0.2) is 5.69 Å². The van der Waals surface area contributed by atoms with Crippen LogP contribution in [-0.4, -0.2) is 45.5 Å². The van der Waals surface area contributed by atoms with E-state index < -0.39 is 24.0 Å². The minimum Gasteiger partial charge on any atom is -0.476 e. The number of hydrogen-bond acceptors (Lipinski definition) is 5. The van der Waals surface area contributed by atoms with Gasteiger partial charge in [-0.2, -0.15) is 5.10 Å². The van der Waals surface area contributed by atoms with Crippen LogP contribution in [0.2, 0.25) is 0 Å². The van der Waals surface area contributed by atoms with Crippen molar-refractivity contribution in [2.24, 2.45) is 7.05 Å². The summed E-state index contributed by atoms with van der Waals surface area (Å²) < 4.78 is 6.79. The number of anilines is 1. The van der Waals surface area contributed by atoms with E-state index in [0.717, 1.165) is 22.3 Å². The van der Waals surface area contributed by atoms with E-state index in [0.29, 0.717) is 0 Å². The van der Waals surface area contributed by atoms with Crippen LogP contribution in [0.3, 0.4) is 0 Å². The molecule has 0 aliphatic heterocycles. The molecule has 3 N–H and O–H groups in total. The number of aromatic carboxylic acids is 1. The second-order valence-corrected chi connectivity index (χ2v) is 7.99. The highest BCUT2D eigenvalue weighted by molar-refractivity contribution is 5.99. The zero-order valence-corrected chi connectivity index (χ0v) is 18.2. The predicted molar refractivity (Wildman–Crippen MR) is 121 cm³/mol. The van der Waals surface area contributed by atoms with Crippen LogP contribution in [0.1, 0.15) is 40.9 Å². The van der Waals surface area contributed by atoms with Crippen molar-refractivity contribution < 1.29 is 24.2 Å². The van der Waals surface area contributed by atoms with Gasteiger partial charge in [-0.25, -0.2) is 9.59 Å². The molecule has 1 atom stereocenters. The standard InChI is InChI=1S/C24H24N4O5/c1-14(11-21(29)26-20-12-28(2)27-22(20)23(30)31)25-24(32)33-13-19-17-9-5-3-7-15(17)16-8-4-6-10-18(16)19/h3-10,12,14,19H,11,13H2,1-2H3,(H,25,32)(H,26,29)(H,30,31)/t14-/m1/s1. The van der Waals surface area contributed by atoms with E-state index >= 15 is 0 Å². The molecule has 33 heavy (non-hydrogen) atoms. The number of carboxylic acids is 1. The number of carbonyl (C=O) groups excluding carboxylic acids is 2. The number of fused-ring (bicyclic) bond motifs is 3. The molecule has 0 radical (unpaired) electrons. The van der Waals surface area contributed by atoms with Crippen LogP contribution < -0.4 is 10.6 Å². The Bertz CT molecular complexity index is 1170. The molecule has 2 amide bonds. The van der Waals surface area contributed by atoms with E-state index in [1.807, 2.05) is 36.4 Å². The fourth-order valence-electron chi connectivity index (χ4n) is 4.11. The van der Waals surface area contributed by atoms with Crippen LogP contribution in [0, 0.1) is 0 Å². The van der Waals surface area contributed by atoms with Gasteiger partial charge >= 0.3 is 12.1 Å². The maximum Gasteiger partial charge on any atom is 0.407 e. The number of nitrogens with zero attached hydrogens (tertiary/aromatic N) is 2. The van der Waals surface area contributed by atoms with Crippen LogP contribution in [0.25, 0.3) is 11.1 Å². The van der Waals surface area contributed by atoms with Crippen molar-refractivity contribution in [1.82, 2.24) is 15.1 Å². The monoisotopic (exact) mass is 448 g/mol. The quantitative estimate of drug-likeness (QED) is 0.509. The smallest absolute Gasteiger partial charge is 0.407 e. The molecular weight excluding hydrogens is 424 g/mol. The van der Waals surface area contributed by atoms with E-state index in [9.17, 15) is 14.4 Å². The molecule has 170 valence electrons. The Morgan fingerprint density at radius 2 is 1.70 bits per heavy atom. The van der Waals surface area contributed by atoms with Crippen molar-refractivity contribution in [3.8, 4) is 11.1 Å². The van der Waals surface area contributed by atoms with Gasteiger partial charge in [0, 0.05) is 31.6 Å². The van der Waals surface area contributed by atoms with Gasteiger partial charge < -0.3 is 20.5 Å². The van der Waals surface area contributed by atoms with Crippen LogP contribution in [-0.2, 0) is 16.6 Å². The third-order valence-corrected chi connectivity index (χ3v) is 5.50. The Labute approximate surface area is 190 Å². The van der Waals surface area contributed by atoms with Crippen molar-refractivity contribution in [3.63, 3.8) is 0 Å². The van der Waals surface area contributed by atoms with Gasteiger partial charge in [0.1, 0.15) is 6.61 Å². The highest BCUT2D eigenvalue weighted by atomic mass is 16.5. The molecule has 0 saturated heterocycles. The second-order valence-electron chi connectivity index (χ2n) is 7.99. The number of ether oxygens (including phenoxy) is 1. The number of carbonyl (C=O) groups is 3. The summed E-state index contributed by atoms with van der Waals surface area (Å²) in [6, 6.07) is 15.6. The fraction of sp³-hybridized carbons (Fsp3) is 0.250. The number of amides is 2. The number of carboxylic acid groups (broad SMARTS) is 1. The summed E-state index contributed by atoms with van der Waals surface area (Å²) in [5.41, 5.74) is 4.37. The average Bonchev–Trinajstić information content (AvgIpc) is 3.29. The SMILES string of the molecule is C[C@H](CC(=O)Nc1cn(C)nc1C(=O)O)NC(=O)OCC1c2ccccc2-c2ccccc21. The predicted octanol–water partition coefficient (Wildman–Crippen LogP) is 3.37.